The third kappa shape index (κ3) is 5.30. The Hall–Kier alpha value is -2.87. The van der Waals surface area contributed by atoms with Gasteiger partial charge in [-0.1, -0.05) is 49.6 Å². The molecule has 2 heterocycles. The number of carbonyl (C=O) groups excluding carboxylic acids is 2. The van der Waals surface area contributed by atoms with E-state index in [4.69, 9.17) is 14.6 Å². The van der Waals surface area contributed by atoms with E-state index in [1.165, 1.54) is 11.5 Å². The molecular formula is C24H32N4O4. The smallest absolute Gasteiger partial charge is 0.427 e. The van der Waals surface area contributed by atoms with Crippen molar-refractivity contribution in [3.63, 3.8) is 0 Å². The van der Waals surface area contributed by atoms with Gasteiger partial charge in [-0.25, -0.2) is 9.78 Å². The molecule has 0 unspecified atom stereocenters. The molecule has 32 heavy (non-hydrogen) atoms. The number of nitrogens with one attached hydrogen (secondary N) is 1. The molecule has 0 atom stereocenters. The van der Waals surface area contributed by atoms with E-state index >= 15 is 0 Å². The van der Waals surface area contributed by atoms with Crippen LogP contribution in [0.3, 0.4) is 0 Å². The lowest BCUT2D eigenvalue weighted by Crippen LogP contribution is -2.40. The second-order valence-electron chi connectivity index (χ2n) is 9.48. The van der Waals surface area contributed by atoms with Crippen molar-refractivity contribution in [3.8, 4) is 11.4 Å². The zero-order chi connectivity index (χ0) is 22.7. The van der Waals surface area contributed by atoms with E-state index in [-0.39, 0.29) is 18.5 Å². The third-order valence-electron chi connectivity index (χ3n) is 5.75. The Balaban J connectivity index is 1.58. The lowest BCUT2D eigenvalue weighted by Gasteiger charge is -2.29. The Morgan fingerprint density at radius 1 is 1.06 bits per heavy atom. The predicted octanol–water partition coefficient (Wildman–Crippen LogP) is 4.29. The SMILES string of the molecule is CC(C)(C)OC(=O)ON1CCn2c(-c3ccccc3)nc(C(=O)NC3CCCCC3)c2C1. The highest BCUT2D eigenvalue weighted by Gasteiger charge is 2.31. The third-order valence-corrected chi connectivity index (χ3v) is 5.75. The number of imidazole rings is 1. The van der Waals surface area contributed by atoms with Crippen LogP contribution < -0.4 is 5.32 Å². The number of amides is 1. The first-order valence-corrected chi connectivity index (χ1v) is 11.4. The van der Waals surface area contributed by atoms with Gasteiger partial charge in [0.05, 0.1) is 18.8 Å². The van der Waals surface area contributed by atoms with Gasteiger partial charge in [0.1, 0.15) is 11.4 Å². The largest absolute Gasteiger partial charge is 0.528 e. The van der Waals surface area contributed by atoms with Crippen LogP contribution in [0, 0.1) is 0 Å². The molecular weight excluding hydrogens is 408 g/mol. The van der Waals surface area contributed by atoms with Crippen LogP contribution in [0.4, 0.5) is 4.79 Å². The first-order valence-electron chi connectivity index (χ1n) is 11.4. The van der Waals surface area contributed by atoms with Crippen molar-refractivity contribution in [3.05, 3.63) is 41.7 Å². The number of hydrogen-bond donors (Lipinski definition) is 1. The Morgan fingerprint density at radius 2 is 1.78 bits per heavy atom. The maximum Gasteiger partial charge on any atom is 0.528 e. The van der Waals surface area contributed by atoms with Gasteiger partial charge in [0.15, 0.2) is 5.69 Å². The predicted molar refractivity (Wildman–Crippen MR) is 120 cm³/mol. The molecule has 0 saturated heterocycles. The van der Waals surface area contributed by atoms with Crippen LogP contribution in [0.5, 0.6) is 0 Å². The summed E-state index contributed by atoms with van der Waals surface area (Å²) in [5, 5.41) is 4.71. The van der Waals surface area contributed by atoms with Crippen molar-refractivity contribution in [1.82, 2.24) is 19.9 Å². The highest BCUT2D eigenvalue weighted by atomic mass is 16.8. The molecule has 2 aromatic rings. The summed E-state index contributed by atoms with van der Waals surface area (Å²) in [6.07, 6.45) is 4.75. The molecule has 172 valence electrons. The number of ether oxygens (including phenoxy) is 1. The molecule has 8 heteroatoms. The summed E-state index contributed by atoms with van der Waals surface area (Å²) in [7, 11) is 0. The van der Waals surface area contributed by atoms with E-state index in [2.05, 4.69) is 9.88 Å². The van der Waals surface area contributed by atoms with Gasteiger partial charge in [-0.3, -0.25) is 4.79 Å². The molecule has 1 saturated carbocycles. The average Bonchev–Trinajstić information content (AvgIpc) is 3.13. The average molecular weight is 441 g/mol. The highest BCUT2D eigenvalue weighted by Crippen LogP contribution is 2.27. The molecule has 1 aromatic heterocycles. The summed E-state index contributed by atoms with van der Waals surface area (Å²) in [5.41, 5.74) is 1.45. The molecule has 0 bridgehead atoms. The van der Waals surface area contributed by atoms with Crippen molar-refractivity contribution < 1.29 is 19.2 Å². The Morgan fingerprint density at radius 3 is 2.47 bits per heavy atom. The van der Waals surface area contributed by atoms with E-state index in [1.54, 1.807) is 20.8 Å². The first kappa shape index (κ1) is 22.3. The van der Waals surface area contributed by atoms with Crippen LogP contribution in [0.15, 0.2) is 30.3 Å². The van der Waals surface area contributed by atoms with E-state index in [0.29, 0.717) is 18.8 Å². The number of carbonyl (C=O) groups is 2. The Bertz CT molecular complexity index is 958. The molecule has 1 N–H and O–H groups in total. The topological polar surface area (TPSA) is 85.7 Å². The van der Waals surface area contributed by atoms with Gasteiger partial charge in [0, 0.05) is 18.2 Å². The monoisotopic (exact) mass is 440 g/mol. The molecule has 1 aromatic carbocycles. The van der Waals surface area contributed by atoms with Gasteiger partial charge < -0.3 is 19.5 Å². The number of nitrogens with zero attached hydrogens (tertiary/aromatic N) is 3. The maximum atomic E-state index is 13.2. The summed E-state index contributed by atoms with van der Waals surface area (Å²) >= 11 is 0. The van der Waals surface area contributed by atoms with E-state index in [1.807, 2.05) is 30.3 Å². The number of hydrogen-bond acceptors (Lipinski definition) is 6. The molecule has 8 nitrogen and oxygen atoms in total. The minimum absolute atomic E-state index is 0.165. The molecule has 4 rings (SSSR count). The Labute approximate surface area is 188 Å². The van der Waals surface area contributed by atoms with E-state index in [0.717, 1.165) is 42.8 Å². The minimum atomic E-state index is -0.748. The molecule has 0 radical (unpaired) electrons. The van der Waals surface area contributed by atoms with Gasteiger partial charge in [-0.05, 0) is 33.6 Å². The van der Waals surface area contributed by atoms with Crippen LogP contribution in [0.1, 0.15) is 69.1 Å². The van der Waals surface area contributed by atoms with Gasteiger partial charge >= 0.3 is 6.16 Å². The fourth-order valence-electron chi connectivity index (χ4n) is 4.29. The summed E-state index contributed by atoms with van der Waals surface area (Å²) < 4.78 is 7.33. The van der Waals surface area contributed by atoms with Crippen LogP contribution >= 0.6 is 0 Å². The molecule has 1 amide bonds. The number of rotatable bonds is 4. The number of benzene rings is 1. The standard InChI is InChI=1S/C24H32N4O4/c1-24(2,3)31-23(30)32-27-14-15-28-19(16-27)20(22(29)25-18-12-8-5-9-13-18)26-21(28)17-10-6-4-7-11-17/h4,6-7,10-11,18H,5,8-9,12-16H2,1-3H3,(H,25,29). The van der Waals surface area contributed by atoms with E-state index in [9.17, 15) is 9.59 Å². The lowest BCUT2D eigenvalue weighted by molar-refractivity contribution is -0.155. The van der Waals surface area contributed by atoms with Crippen LogP contribution in [-0.2, 0) is 22.7 Å². The zero-order valence-corrected chi connectivity index (χ0v) is 19.1. The van der Waals surface area contributed by atoms with Crippen molar-refractivity contribution >= 4 is 12.1 Å². The van der Waals surface area contributed by atoms with Crippen LogP contribution in [-0.4, -0.2) is 44.9 Å². The van der Waals surface area contributed by atoms with Gasteiger partial charge in [0.25, 0.3) is 5.91 Å². The van der Waals surface area contributed by atoms with Gasteiger partial charge in [-0.2, -0.15) is 0 Å². The minimum Gasteiger partial charge on any atom is -0.427 e. The van der Waals surface area contributed by atoms with Crippen LogP contribution in [0.2, 0.25) is 0 Å². The van der Waals surface area contributed by atoms with E-state index < -0.39 is 11.8 Å². The van der Waals surface area contributed by atoms with Crippen molar-refractivity contribution in [2.75, 3.05) is 6.54 Å². The summed E-state index contributed by atoms with van der Waals surface area (Å²) in [4.78, 5) is 35.5. The van der Waals surface area contributed by atoms with Crippen LogP contribution in [0.25, 0.3) is 11.4 Å². The number of aromatic nitrogens is 2. The number of fused-ring (bicyclic) bond motifs is 1. The molecule has 0 spiro atoms. The highest BCUT2D eigenvalue weighted by molar-refractivity contribution is 5.94. The fraction of sp³-hybridized carbons (Fsp3) is 0.542. The number of hydroxylamine groups is 2. The second kappa shape index (κ2) is 9.32. The van der Waals surface area contributed by atoms with Crippen molar-refractivity contribution in [1.29, 1.82) is 0 Å². The summed E-state index contributed by atoms with van der Waals surface area (Å²) in [6.45, 7) is 6.67. The van der Waals surface area contributed by atoms with Gasteiger partial charge in [0.2, 0.25) is 0 Å². The Kier molecular flexibility index (Phi) is 6.50. The quantitative estimate of drug-likeness (QED) is 0.714. The molecule has 2 aliphatic rings. The lowest BCUT2D eigenvalue weighted by atomic mass is 9.95. The molecule has 1 aliphatic carbocycles. The van der Waals surface area contributed by atoms with Crippen molar-refractivity contribution in [2.24, 2.45) is 0 Å². The summed E-state index contributed by atoms with van der Waals surface area (Å²) in [6, 6.07) is 10.0. The zero-order valence-electron chi connectivity index (χ0n) is 19.1. The fourth-order valence-corrected chi connectivity index (χ4v) is 4.29. The normalized spacial score (nSPS) is 17.5. The maximum absolute atomic E-state index is 13.2. The van der Waals surface area contributed by atoms with Gasteiger partial charge in [-0.15, -0.1) is 5.06 Å². The van der Waals surface area contributed by atoms with Crippen molar-refractivity contribution in [2.45, 2.75) is 77.6 Å². The molecule has 1 aliphatic heterocycles. The molecule has 1 fully saturated rings. The second-order valence-corrected chi connectivity index (χ2v) is 9.48. The first-order chi connectivity index (χ1) is 15.3. The summed E-state index contributed by atoms with van der Waals surface area (Å²) in [5.74, 6) is 0.591.